The van der Waals surface area contributed by atoms with Gasteiger partial charge in [0, 0.05) is 19.2 Å². The molecule has 74 valence electrons. The summed E-state index contributed by atoms with van der Waals surface area (Å²) in [4.78, 5) is 13.4. The van der Waals surface area contributed by atoms with Crippen molar-refractivity contribution >= 4 is 5.91 Å². The molecule has 0 radical (unpaired) electrons. The van der Waals surface area contributed by atoms with E-state index in [9.17, 15) is 4.79 Å². The lowest BCUT2D eigenvalue weighted by Crippen LogP contribution is -2.23. The highest BCUT2D eigenvalue weighted by molar-refractivity contribution is 5.98. The van der Waals surface area contributed by atoms with Crippen molar-refractivity contribution in [2.45, 2.75) is 12.5 Å². The summed E-state index contributed by atoms with van der Waals surface area (Å²) in [7, 11) is 1.78. The van der Waals surface area contributed by atoms with Crippen LogP contribution in [0.2, 0.25) is 0 Å². The largest absolute Gasteiger partial charge is 0.396 e. The summed E-state index contributed by atoms with van der Waals surface area (Å²) in [6.45, 7) is 0.108. The molecule has 1 aliphatic heterocycles. The van der Waals surface area contributed by atoms with E-state index in [2.05, 4.69) is 0 Å². The van der Waals surface area contributed by atoms with E-state index in [4.69, 9.17) is 5.11 Å². The standard InChI is InChI=1S/C11H13NO2/c1-12-10(6-7-13)8-4-2-3-5-9(8)11(12)14/h2-5,10,13H,6-7H2,1H3/t10-/m0/s1. The van der Waals surface area contributed by atoms with Crippen LogP contribution in [0.5, 0.6) is 0 Å². The topological polar surface area (TPSA) is 40.5 Å². The molecule has 0 saturated carbocycles. The summed E-state index contributed by atoms with van der Waals surface area (Å²) in [5.41, 5.74) is 1.81. The van der Waals surface area contributed by atoms with Gasteiger partial charge in [-0.3, -0.25) is 4.79 Å². The average molecular weight is 191 g/mol. The average Bonchev–Trinajstić information content (AvgIpc) is 2.45. The molecule has 1 aliphatic rings. The van der Waals surface area contributed by atoms with Crippen LogP contribution < -0.4 is 0 Å². The number of nitrogens with zero attached hydrogens (tertiary/aromatic N) is 1. The molecule has 2 rings (SSSR count). The van der Waals surface area contributed by atoms with Crippen molar-refractivity contribution in [2.24, 2.45) is 0 Å². The zero-order valence-corrected chi connectivity index (χ0v) is 8.10. The van der Waals surface area contributed by atoms with E-state index < -0.39 is 0 Å². The summed E-state index contributed by atoms with van der Waals surface area (Å²) in [6, 6.07) is 7.63. The SMILES string of the molecule is CN1C(=O)c2ccccc2[C@@H]1CCO. The molecule has 0 fully saturated rings. The fourth-order valence-corrected chi connectivity index (χ4v) is 1.99. The number of hydrogen-bond donors (Lipinski definition) is 1. The summed E-state index contributed by atoms with van der Waals surface area (Å²) in [5, 5.41) is 8.92. The van der Waals surface area contributed by atoms with Gasteiger partial charge in [0.25, 0.3) is 5.91 Å². The molecule has 1 amide bonds. The van der Waals surface area contributed by atoms with Crippen molar-refractivity contribution in [1.82, 2.24) is 4.90 Å². The lowest BCUT2D eigenvalue weighted by atomic mass is 10.0. The van der Waals surface area contributed by atoms with Crippen molar-refractivity contribution in [2.75, 3.05) is 13.7 Å². The summed E-state index contributed by atoms with van der Waals surface area (Å²) >= 11 is 0. The number of carbonyl (C=O) groups is 1. The molecule has 0 spiro atoms. The predicted molar refractivity (Wildman–Crippen MR) is 53.0 cm³/mol. The zero-order chi connectivity index (χ0) is 10.1. The maximum Gasteiger partial charge on any atom is 0.254 e. The normalized spacial score (nSPS) is 20.0. The van der Waals surface area contributed by atoms with Gasteiger partial charge in [-0.1, -0.05) is 18.2 Å². The van der Waals surface area contributed by atoms with Gasteiger partial charge in [-0.15, -0.1) is 0 Å². The number of aliphatic hydroxyl groups excluding tert-OH is 1. The minimum atomic E-state index is 0.0451. The smallest absolute Gasteiger partial charge is 0.254 e. The first-order valence-corrected chi connectivity index (χ1v) is 4.72. The predicted octanol–water partition coefficient (Wildman–Crippen LogP) is 1.20. The van der Waals surface area contributed by atoms with E-state index in [1.165, 1.54) is 0 Å². The second kappa shape index (κ2) is 3.42. The number of fused-ring (bicyclic) bond motifs is 1. The van der Waals surface area contributed by atoms with Gasteiger partial charge in [0.05, 0.1) is 6.04 Å². The Balaban J connectivity index is 2.42. The first-order valence-electron chi connectivity index (χ1n) is 4.72. The highest BCUT2D eigenvalue weighted by Gasteiger charge is 2.32. The second-order valence-electron chi connectivity index (χ2n) is 3.53. The van der Waals surface area contributed by atoms with Crippen LogP contribution in [0.15, 0.2) is 24.3 Å². The van der Waals surface area contributed by atoms with Crippen molar-refractivity contribution in [3.05, 3.63) is 35.4 Å². The lowest BCUT2D eigenvalue weighted by Gasteiger charge is -2.19. The minimum Gasteiger partial charge on any atom is -0.396 e. The van der Waals surface area contributed by atoms with Crippen LogP contribution in [0.4, 0.5) is 0 Å². The molecule has 1 heterocycles. The number of benzene rings is 1. The molecule has 1 N–H and O–H groups in total. The number of carbonyl (C=O) groups excluding carboxylic acids is 1. The number of amides is 1. The molecule has 1 atom stereocenters. The summed E-state index contributed by atoms with van der Waals surface area (Å²) < 4.78 is 0. The molecule has 0 saturated heterocycles. The highest BCUT2D eigenvalue weighted by Crippen LogP contribution is 2.33. The van der Waals surface area contributed by atoms with Gasteiger partial charge >= 0.3 is 0 Å². The van der Waals surface area contributed by atoms with E-state index in [1.807, 2.05) is 24.3 Å². The van der Waals surface area contributed by atoms with Gasteiger partial charge in [-0.2, -0.15) is 0 Å². The van der Waals surface area contributed by atoms with Crippen LogP contribution in [-0.4, -0.2) is 29.6 Å². The van der Waals surface area contributed by atoms with Crippen LogP contribution in [0, 0.1) is 0 Å². The Kier molecular flexibility index (Phi) is 2.25. The van der Waals surface area contributed by atoms with Crippen LogP contribution in [0.3, 0.4) is 0 Å². The number of hydrogen-bond acceptors (Lipinski definition) is 2. The molecule has 0 unspecified atom stereocenters. The van der Waals surface area contributed by atoms with E-state index in [1.54, 1.807) is 11.9 Å². The van der Waals surface area contributed by atoms with Crippen molar-refractivity contribution < 1.29 is 9.90 Å². The van der Waals surface area contributed by atoms with E-state index >= 15 is 0 Å². The Hall–Kier alpha value is -1.35. The first kappa shape index (κ1) is 9.21. The van der Waals surface area contributed by atoms with Gasteiger partial charge in [0.15, 0.2) is 0 Å². The third-order valence-corrected chi connectivity index (χ3v) is 2.74. The molecule has 1 aromatic carbocycles. The molecule has 0 bridgehead atoms. The molecule has 3 heteroatoms. The molecule has 1 aromatic rings. The molecule has 0 aromatic heterocycles. The van der Waals surface area contributed by atoms with Gasteiger partial charge in [-0.05, 0) is 18.1 Å². The summed E-state index contributed by atoms with van der Waals surface area (Å²) in [6.07, 6.45) is 0.610. The van der Waals surface area contributed by atoms with Crippen LogP contribution >= 0.6 is 0 Å². The maximum atomic E-state index is 11.7. The molecule has 0 aliphatic carbocycles. The summed E-state index contributed by atoms with van der Waals surface area (Å²) in [5.74, 6) is 0.0547. The Morgan fingerprint density at radius 3 is 2.86 bits per heavy atom. The molecular weight excluding hydrogens is 178 g/mol. The van der Waals surface area contributed by atoms with E-state index in [-0.39, 0.29) is 18.6 Å². The lowest BCUT2D eigenvalue weighted by molar-refractivity contribution is 0.0755. The van der Waals surface area contributed by atoms with E-state index in [0.717, 1.165) is 11.1 Å². The molecule has 3 nitrogen and oxygen atoms in total. The quantitative estimate of drug-likeness (QED) is 0.763. The van der Waals surface area contributed by atoms with Crippen molar-refractivity contribution in [3.63, 3.8) is 0 Å². The van der Waals surface area contributed by atoms with Crippen molar-refractivity contribution in [3.8, 4) is 0 Å². The third-order valence-electron chi connectivity index (χ3n) is 2.74. The van der Waals surface area contributed by atoms with Gasteiger partial charge in [0.2, 0.25) is 0 Å². The number of rotatable bonds is 2. The Morgan fingerprint density at radius 1 is 1.43 bits per heavy atom. The Morgan fingerprint density at radius 2 is 2.14 bits per heavy atom. The highest BCUT2D eigenvalue weighted by atomic mass is 16.3. The van der Waals surface area contributed by atoms with Crippen LogP contribution in [-0.2, 0) is 0 Å². The van der Waals surface area contributed by atoms with Gasteiger partial charge < -0.3 is 10.0 Å². The third kappa shape index (κ3) is 1.21. The van der Waals surface area contributed by atoms with Crippen molar-refractivity contribution in [1.29, 1.82) is 0 Å². The van der Waals surface area contributed by atoms with Crippen LogP contribution in [0.1, 0.15) is 28.4 Å². The Labute approximate surface area is 83.0 Å². The molecular formula is C11H13NO2. The van der Waals surface area contributed by atoms with E-state index in [0.29, 0.717) is 6.42 Å². The Bertz CT molecular complexity index is 362. The fourth-order valence-electron chi connectivity index (χ4n) is 1.99. The molecule has 14 heavy (non-hydrogen) atoms. The maximum absolute atomic E-state index is 11.7. The van der Waals surface area contributed by atoms with Gasteiger partial charge in [0.1, 0.15) is 0 Å². The number of aliphatic hydroxyl groups is 1. The monoisotopic (exact) mass is 191 g/mol. The second-order valence-corrected chi connectivity index (χ2v) is 3.53. The van der Waals surface area contributed by atoms with Gasteiger partial charge in [-0.25, -0.2) is 0 Å². The minimum absolute atomic E-state index is 0.0451. The fraction of sp³-hybridized carbons (Fsp3) is 0.364. The first-order chi connectivity index (χ1) is 6.75. The van der Waals surface area contributed by atoms with Crippen LogP contribution in [0.25, 0.3) is 0 Å². The zero-order valence-electron chi connectivity index (χ0n) is 8.10.